The monoisotopic (exact) mass is 439 g/mol. The first-order chi connectivity index (χ1) is 13.2. The number of carboxylic acid groups (broad SMARTS) is 1. The molecule has 0 amide bonds. The molecule has 2 N–H and O–H groups in total. The van der Waals surface area contributed by atoms with Crippen LogP contribution in [-0.2, 0) is 26.0 Å². The summed E-state index contributed by atoms with van der Waals surface area (Å²) in [7, 11) is -3.80. The van der Waals surface area contributed by atoms with Crippen molar-refractivity contribution in [1.29, 1.82) is 0 Å². The zero-order valence-electron chi connectivity index (χ0n) is 14.4. The Balaban J connectivity index is 1.87. The first kappa shape index (κ1) is 20.5. The molecular formula is C19H15Cl2NO5S. The summed E-state index contributed by atoms with van der Waals surface area (Å²) in [5.41, 5.74) is 1.74. The van der Waals surface area contributed by atoms with Crippen molar-refractivity contribution in [3.8, 4) is 0 Å². The molecule has 1 aliphatic carbocycles. The maximum Gasteiger partial charge on any atom is 0.310 e. The van der Waals surface area contributed by atoms with Gasteiger partial charge in [-0.1, -0.05) is 41.4 Å². The molecule has 3 rings (SSSR count). The van der Waals surface area contributed by atoms with Gasteiger partial charge in [0.25, 0.3) is 0 Å². The number of hydrogen-bond acceptors (Lipinski definition) is 4. The number of carbonyl (C=O) groups is 2. The van der Waals surface area contributed by atoms with E-state index in [1.54, 1.807) is 24.3 Å². The van der Waals surface area contributed by atoms with E-state index >= 15 is 0 Å². The van der Waals surface area contributed by atoms with Crippen LogP contribution in [0.4, 0.5) is 0 Å². The van der Waals surface area contributed by atoms with E-state index in [1.165, 1.54) is 24.3 Å². The Labute approximate surface area is 171 Å². The highest BCUT2D eigenvalue weighted by Gasteiger charge is 2.27. The summed E-state index contributed by atoms with van der Waals surface area (Å²) in [6.07, 6.45) is 2.59. The smallest absolute Gasteiger partial charge is 0.310 e. The molecule has 6 nitrogen and oxygen atoms in total. The van der Waals surface area contributed by atoms with Crippen LogP contribution in [0.2, 0.25) is 10.0 Å². The highest BCUT2D eigenvalue weighted by Crippen LogP contribution is 2.35. The summed E-state index contributed by atoms with van der Waals surface area (Å²) in [4.78, 5) is 22.7. The standard InChI is InChI=1S/C19H15Cl2NO5S/c20-11-1-3-13(4-2-11)28(26,27)22-18-8-6-14-15(18)5-7-17(21)16(14)9-12(23)10-19(24)25/h1-8,18,22H,9-10H2,(H,24,25). The number of ketones is 1. The third-order valence-corrected chi connectivity index (χ3v) is 6.32. The Bertz CT molecular complexity index is 1080. The lowest BCUT2D eigenvalue weighted by molar-refractivity contribution is -0.140. The molecule has 1 atom stereocenters. The molecule has 0 saturated carbocycles. The second-order valence-corrected chi connectivity index (χ2v) is 8.78. The average Bonchev–Trinajstić information content (AvgIpc) is 2.99. The molecule has 0 saturated heterocycles. The van der Waals surface area contributed by atoms with E-state index in [1.807, 2.05) is 0 Å². The van der Waals surface area contributed by atoms with E-state index in [4.69, 9.17) is 28.3 Å². The summed E-state index contributed by atoms with van der Waals surface area (Å²) in [6.45, 7) is 0. The number of nitrogens with one attached hydrogen (secondary N) is 1. The van der Waals surface area contributed by atoms with Gasteiger partial charge < -0.3 is 5.11 Å². The zero-order chi connectivity index (χ0) is 20.5. The van der Waals surface area contributed by atoms with E-state index in [2.05, 4.69) is 4.72 Å². The number of fused-ring (bicyclic) bond motifs is 1. The van der Waals surface area contributed by atoms with Crippen LogP contribution in [0.1, 0.15) is 29.2 Å². The molecule has 28 heavy (non-hydrogen) atoms. The topological polar surface area (TPSA) is 101 Å². The number of Topliss-reactive ketones (excluding diaryl/α,β-unsaturated/α-hetero) is 1. The van der Waals surface area contributed by atoms with Crippen molar-refractivity contribution in [2.45, 2.75) is 23.8 Å². The fourth-order valence-corrected chi connectivity index (χ4v) is 4.51. The Morgan fingerprint density at radius 3 is 2.39 bits per heavy atom. The van der Waals surface area contributed by atoms with Gasteiger partial charge >= 0.3 is 5.97 Å². The molecule has 0 radical (unpaired) electrons. The molecule has 1 unspecified atom stereocenters. The van der Waals surface area contributed by atoms with E-state index < -0.39 is 34.2 Å². The molecule has 2 aromatic rings. The Morgan fingerprint density at radius 1 is 1.07 bits per heavy atom. The van der Waals surface area contributed by atoms with Gasteiger partial charge in [-0.2, -0.15) is 4.72 Å². The largest absolute Gasteiger partial charge is 0.481 e. The summed E-state index contributed by atoms with van der Waals surface area (Å²) >= 11 is 12.0. The van der Waals surface area contributed by atoms with Crippen molar-refractivity contribution in [3.63, 3.8) is 0 Å². The molecule has 1 aliphatic rings. The quantitative estimate of drug-likeness (QED) is 0.641. The van der Waals surface area contributed by atoms with E-state index in [9.17, 15) is 18.0 Å². The van der Waals surface area contributed by atoms with Crippen molar-refractivity contribution in [2.75, 3.05) is 0 Å². The minimum Gasteiger partial charge on any atom is -0.481 e. The summed E-state index contributed by atoms with van der Waals surface area (Å²) in [5, 5.41) is 9.52. The highest BCUT2D eigenvalue weighted by atomic mass is 35.5. The number of carbonyl (C=O) groups excluding carboxylic acids is 1. The van der Waals surface area contributed by atoms with Crippen LogP contribution in [0.15, 0.2) is 47.4 Å². The predicted octanol–water partition coefficient (Wildman–Crippen LogP) is 3.63. The number of hydrogen-bond donors (Lipinski definition) is 2. The highest BCUT2D eigenvalue weighted by molar-refractivity contribution is 7.89. The Hall–Kier alpha value is -2.19. The molecule has 0 heterocycles. The zero-order valence-corrected chi connectivity index (χ0v) is 16.7. The van der Waals surface area contributed by atoms with Crippen molar-refractivity contribution >= 4 is 51.1 Å². The molecule has 9 heteroatoms. The average molecular weight is 440 g/mol. The number of sulfonamides is 1. The van der Waals surface area contributed by atoms with Gasteiger partial charge in [0.05, 0.1) is 10.9 Å². The number of rotatable bonds is 7. The van der Waals surface area contributed by atoms with E-state index in [0.717, 1.165) is 0 Å². The number of aliphatic carboxylic acids is 1. The lowest BCUT2D eigenvalue weighted by Gasteiger charge is -2.16. The van der Waals surface area contributed by atoms with Crippen LogP contribution in [0.25, 0.3) is 6.08 Å². The van der Waals surface area contributed by atoms with Crippen LogP contribution >= 0.6 is 23.2 Å². The van der Waals surface area contributed by atoms with Crippen LogP contribution in [-0.4, -0.2) is 25.3 Å². The third-order valence-electron chi connectivity index (χ3n) is 4.25. The maximum absolute atomic E-state index is 12.6. The SMILES string of the molecule is O=C(O)CC(=O)Cc1c(Cl)ccc2c1C=CC2NS(=O)(=O)c1ccc(Cl)cc1. The Morgan fingerprint density at radius 2 is 1.75 bits per heavy atom. The van der Waals surface area contributed by atoms with Crippen molar-refractivity contribution < 1.29 is 23.1 Å². The number of carboxylic acids is 1. The molecule has 0 fully saturated rings. The lowest BCUT2D eigenvalue weighted by atomic mass is 9.97. The first-order valence-electron chi connectivity index (χ1n) is 8.18. The van der Waals surface area contributed by atoms with Crippen molar-refractivity contribution in [2.24, 2.45) is 0 Å². The fraction of sp³-hybridized carbons (Fsp3) is 0.158. The molecule has 0 aliphatic heterocycles. The summed E-state index contributed by atoms with van der Waals surface area (Å²) < 4.78 is 27.9. The number of benzene rings is 2. The predicted molar refractivity (Wildman–Crippen MR) is 106 cm³/mol. The van der Waals surface area contributed by atoms with Crippen molar-refractivity contribution in [3.05, 3.63) is 69.2 Å². The molecule has 146 valence electrons. The van der Waals surface area contributed by atoms with E-state index in [0.29, 0.717) is 26.7 Å². The van der Waals surface area contributed by atoms with Crippen LogP contribution in [0.5, 0.6) is 0 Å². The van der Waals surface area contributed by atoms with Crippen LogP contribution in [0, 0.1) is 0 Å². The van der Waals surface area contributed by atoms with Crippen LogP contribution < -0.4 is 4.72 Å². The van der Waals surface area contributed by atoms with Gasteiger partial charge in [0, 0.05) is 16.5 Å². The molecule has 0 aromatic heterocycles. The molecule has 0 spiro atoms. The second kappa shape index (κ2) is 8.05. The van der Waals surface area contributed by atoms with Gasteiger partial charge in [0.15, 0.2) is 0 Å². The maximum atomic E-state index is 12.6. The fourth-order valence-electron chi connectivity index (χ4n) is 2.98. The number of halogens is 2. The van der Waals surface area contributed by atoms with Gasteiger partial charge in [0.2, 0.25) is 10.0 Å². The van der Waals surface area contributed by atoms with Gasteiger partial charge in [0.1, 0.15) is 12.2 Å². The molecule has 2 aromatic carbocycles. The van der Waals surface area contributed by atoms with Gasteiger partial charge in [-0.15, -0.1) is 0 Å². The van der Waals surface area contributed by atoms with Gasteiger partial charge in [-0.3, -0.25) is 9.59 Å². The van der Waals surface area contributed by atoms with Crippen LogP contribution in [0.3, 0.4) is 0 Å². The molecule has 0 bridgehead atoms. The molecular weight excluding hydrogens is 425 g/mol. The van der Waals surface area contributed by atoms with Gasteiger partial charge in [-0.25, -0.2) is 8.42 Å². The Kier molecular flexibility index (Phi) is 5.90. The minimum atomic E-state index is -3.80. The van der Waals surface area contributed by atoms with Gasteiger partial charge in [-0.05, 0) is 47.0 Å². The lowest BCUT2D eigenvalue weighted by Crippen LogP contribution is -2.27. The first-order valence-corrected chi connectivity index (χ1v) is 10.4. The minimum absolute atomic E-state index is 0.0737. The third kappa shape index (κ3) is 4.44. The summed E-state index contributed by atoms with van der Waals surface area (Å²) in [5.74, 6) is -1.70. The summed E-state index contributed by atoms with van der Waals surface area (Å²) in [6, 6.07) is 8.39. The van der Waals surface area contributed by atoms with E-state index in [-0.39, 0.29) is 11.3 Å². The normalized spacial score (nSPS) is 15.4. The second-order valence-electron chi connectivity index (χ2n) is 6.23. The van der Waals surface area contributed by atoms with Crippen molar-refractivity contribution in [1.82, 2.24) is 4.72 Å².